The minimum atomic E-state index is 0.689. The van der Waals surface area contributed by atoms with Crippen LogP contribution in [0.5, 0.6) is 0 Å². The third kappa shape index (κ3) is 1.07. The quantitative estimate of drug-likeness (QED) is 0.523. The second-order valence-electron chi connectivity index (χ2n) is 3.81. The Morgan fingerprint density at radius 1 is 1.73 bits per heavy atom. The smallest absolute Gasteiger partial charge is 0.0624 e. The Kier molecular flexibility index (Phi) is 1.49. The molecular formula is C10H13N. The standard InChI is InChI=1S/C10H13N/c1-7-2-3-8(4-5-11)10-6-9(7)10/h2,8-10H,3-4,6H2,1H3. The van der Waals surface area contributed by atoms with E-state index in [9.17, 15) is 0 Å². The molecule has 0 spiro atoms. The molecule has 0 amide bonds. The summed E-state index contributed by atoms with van der Waals surface area (Å²) in [4.78, 5) is 0. The summed E-state index contributed by atoms with van der Waals surface area (Å²) in [6.07, 6.45) is 5.61. The van der Waals surface area contributed by atoms with Crippen molar-refractivity contribution in [1.82, 2.24) is 0 Å². The number of nitriles is 1. The Morgan fingerprint density at radius 3 is 3.27 bits per heavy atom. The minimum absolute atomic E-state index is 0.689. The molecule has 58 valence electrons. The van der Waals surface area contributed by atoms with Crippen LogP contribution in [0, 0.1) is 29.1 Å². The molecule has 3 unspecified atom stereocenters. The van der Waals surface area contributed by atoms with Gasteiger partial charge in [0, 0.05) is 6.42 Å². The van der Waals surface area contributed by atoms with Crippen molar-refractivity contribution in [2.45, 2.75) is 26.2 Å². The summed E-state index contributed by atoms with van der Waals surface area (Å²) in [6.45, 7) is 2.23. The van der Waals surface area contributed by atoms with Crippen molar-refractivity contribution in [1.29, 1.82) is 5.26 Å². The molecule has 0 N–H and O–H groups in total. The van der Waals surface area contributed by atoms with E-state index >= 15 is 0 Å². The average molecular weight is 147 g/mol. The molecule has 0 heterocycles. The van der Waals surface area contributed by atoms with Gasteiger partial charge in [0.2, 0.25) is 0 Å². The largest absolute Gasteiger partial charge is 0.198 e. The van der Waals surface area contributed by atoms with Crippen molar-refractivity contribution < 1.29 is 0 Å². The van der Waals surface area contributed by atoms with Crippen molar-refractivity contribution >= 4 is 0 Å². The number of fused-ring (bicyclic) bond motifs is 1. The third-order valence-electron chi connectivity index (χ3n) is 3.13. The number of nitrogens with zero attached hydrogens (tertiary/aromatic N) is 1. The maximum Gasteiger partial charge on any atom is 0.0624 e. The molecule has 1 saturated carbocycles. The topological polar surface area (TPSA) is 23.8 Å². The molecule has 0 aromatic heterocycles. The highest BCUT2D eigenvalue weighted by Crippen LogP contribution is 2.53. The lowest BCUT2D eigenvalue weighted by Crippen LogP contribution is -2.07. The molecule has 3 atom stereocenters. The zero-order valence-electron chi connectivity index (χ0n) is 6.88. The molecule has 0 aliphatic heterocycles. The molecule has 0 saturated heterocycles. The minimum Gasteiger partial charge on any atom is -0.198 e. The first-order valence-electron chi connectivity index (χ1n) is 4.36. The van der Waals surface area contributed by atoms with Gasteiger partial charge in [-0.3, -0.25) is 0 Å². The highest BCUT2D eigenvalue weighted by Gasteiger charge is 2.45. The zero-order chi connectivity index (χ0) is 7.84. The highest BCUT2D eigenvalue weighted by atomic mass is 14.5. The van der Waals surface area contributed by atoms with Crippen LogP contribution in [-0.2, 0) is 0 Å². The Labute approximate surface area is 67.7 Å². The first-order valence-corrected chi connectivity index (χ1v) is 4.36. The number of hydrogen-bond donors (Lipinski definition) is 0. The summed E-state index contributed by atoms with van der Waals surface area (Å²) in [6, 6.07) is 2.28. The SMILES string of the molecule is CC1=CCC(CC#N)C2CC12. The summed E-state index contributed by atoms with van der Waals surface area (Å²) in [5, 5.41) is 8.55. The van der Waals surface area contributed by atoms with Crippen LogP contribution in [-0.4, -0.2) is 0 Å². The van der Waals surface area contributed by atoms with Crippen LogP contribution >= 0.6 is 0 Å². The molecule has 1 nitrogen and oxygen atoms in total. The van der Waals surface area contributed by atoms with Gasteiger partial charge in [-0.05, 0) is 37.5 Å². The van der Waals surface area contributed by atoms with Gasteiger partial charge in [-0.1, -0.05) is 11.6 Å². The fraction of sp³-hybridized carbons (Fsp3) is 0.700. The predicted octanol–water partition coefficient (Wildman–Crippen LogP) is 2.50. The van der Waals surface area contributed by atoms with Gasteiger partial charge in [0.1, 0.15) is 0 Å². The van der Waals surface area contributed by atoms with Crippen molar-refractivity contribution in [3.63, 3.8) is 0 Å². The lowest BCUT2D eigenvalue weighted by atomic mass is 9.88. The number of hydrogen-bond acceptors (Lipinski definition) is 1. The summed E-state index contributed by atoms with van der Waals surface area (Å²) >= 11 is 0. The normalized spacial score (nSPS) is 40.4. The number of allylic oxidation sites excluding steroid dienone is 2. The van der Waals surface area contributed by atoms with Gasteiger partial charge in [-0.2, -0.15) is 5.26 Å². The van der Waals surface area contributed by atoms with Crippen molar-refractivity contribution in [3.8, 4) is 6.07 Å². The van der Waals surface area contributed by atoms with Crippen LogP contribution in [0.4, 0.5) is 0 Å². The van der Waals surface area contributed by atoms with E-state index in [1.165, 1.54) is 6.42 Å². The van der Waals surface area contributed by atoms with E-state index in [1.54, 1.807) is 5.57 Å². The van der Waals surface area contributed by atoms with Gasteiger partial charge in [0.25, 0.3) is 0 Å². The lowest BCUT2D eigenvalue weighted by molar-refractivity contribution is 0.442. The van der Waals surface area contributed by atoms with Gasteiger partial charge in [-0.15, -0.1) is 0 Å². The molecule has 1 heteroatoms. The molecule has 0 aromatic rings. The van der Waals surface area contributed by atoms with E-state index in [0.717, 1.165) is 24.7 Å². The van der Waals surface area contributed by atoms with Crippen LogP contribution in [0.15, 0.2) is 11.6 Å². The second kappa shape index (κ2) is 2.37. The van der Waals surface area contributed by atoms with E-state index in [0.29, 0.717) is 5.92 Å². The highest BCUT2D eigenvalue weighted by molar-refractivity contribution is 5.19. The van der Waals surface area contributed by atoms with Gasteiger partial charge >= 0.3 is 0 Å². The molecule has 1 fully saturated rings. The monoisotopic (exact) mass is 147 g/mol. The first kappa shape index (κ1) is 6.91. The van der Waals surface area contributed by atoms with Gasteiger partial charge in [0.15, 0.2) is 0 Å². The lowest BCUT2D eigenvalue weighted by Gasteiger charge is -2.16. The molecule has 2 aliphatic rings. The fourth-order valence-electron chi connectivity index (χ4n) is 2.27. The molecule has 11 heavy (non-hydrogen) atoms. The van der Waals surface area contributed by atoms with E-state index in [-0.39, 0.29) is 0 Å². The molecule has 2 rings (SSSR count). The van der Waals surface area contributed by atoms with Gasteiger partial charge < -0.3 is 0 Å². The van der Waals surface area contributed by atoms with Crippen LogP contribution in [0.2, 0.25) is 0 Å². The van der Waals surface area contributed by atoms with E-state index in [2.05, 4.69) is 19.1 Å². The fourth-order valence-corrected chi connectivity index (χ4v) is 2.27. The Hall–Kier alpha value is -0.770. The van der Waals surface area contributed by atoms with Crippen LogP contribution in [0.1, 0.15) is 26.2 Å². The summed E-state index contributed by atoms with van der Waals surface area (Å²) < 4.78 is 0. The Morgan fingerprint density at radius 2 is 2.55 bits per heavy atom. The van der Waals surface area contributed by atoms with Crippen molar-refractivity contribution in [2.75, 3.05) is 0 Å². The summed E-state index contributed by atoms with van der Waals surface area (Å²) in [7, 11) is 0. The van der Waals surface area contributed by atoms with Gasteiger partial charge in [-0.25, -0.2) is 0 Å². The second-order valence-corrected chi connectivity index (χ2v) is 3.81. The summed E-state index contributed by atoms with van der Waals surface area (Å²) in [5.41, 5.74) is 1.57. The predicted molar refractivity (Wildman–Crippen MR) is 43.7 cm³/mol. The van der Waals surface area contributed by atoms with Gasteiger partial charge in [0.05, 0.1) is 6.07 Å². The molecule has 0 bridgehead atoms. The Bertz CT molecular complexity index is 234. The molecule has 0 radical (unpaired) electrons. The zero-order valence-corrected chi connectivity index (χ0v) is 6.88. The van der Waals surface area contributed by atoms with Crippen molar-refractivity contribution in [2.24, 2.45) is 17.8 Å². The van der Waals surface area contributed by atoms with Crippen LogP contribution in [0.25, 0.3) is 0 Å². The van der Waals surface area contributed by atoms with Crippen LogP contribution < -0.4 is 0 Å². The number of rotatable bonds is 1. The molecule has 0 aromatic carbocycles. The van der Waals surface area contributed by atoms with E-state index in [1.807, 2.05) is 0 Å². The maximum atomic E-state index is 8.55. The molecule has 2 aliphatic carbocycles. The van der Waals surface area contributed by atoms with Crippen molar-refractivity contribution in [3.05, 3.63) is 11.6 Å². The van der Waals surface area contributed by atoms with Crippen LogP contribution in [0.3, 0.4) is 0 Å². The molecular weight excluding hydrogens is 134 g/mol. The average Bonchev–Trinajstić information content (AvgIpc) is 2.75. The summed E-state index contributed by atoms with van der Waals surface area (Å²) in [5.74, 6) is 2.43. The Balaban J connectivity index is 2.04. The third-order valence-corrected chi connectivity index (χ3v) is 3.13. The van der Waals surface area contributed by atoms with E-state index in [4.69, 9.17) is 5.26 Å². The first-order chi connectivity index (χ1) is 5.33. The van der Waals surface area contributed by atoms with E-state index < -0.39 is 0 Å². The maximum absolute atomic E-state index is 8.55.